The lowest BCUT2D eigenvalue weighted by Crippen LogP contribution is -2.43. The van der Waals surface area contributed by atoms with Gasteiger partial charge in [0.05, 0.1) is 17.2 Å². The molecule has 2 aromatic rings. The Bertz CT molecular complexity index is 744. The van der Waals surface area contributed by atoms with Crippen LogP contribution in [0.2, 0.25) is 5.02 Å². The predicted molar refractivity (Wildman–Crippen MR) is 97.9 cm³/mol. The largest absolute Gasteiger partial charge is 0.451 e. The lowest BCUT2D eigenvalue weighted by molar-refractivity contribution is 0.0737. The topological polar surface area (TPSA) is 54.7 Å². The van der Waals surface area contributed by atoms with Crippen LogP contribution >= 0.6 is 11.6 Å². The summed E-state index contributed by atoms with van der Waals surface area (Å²) in [5.41, 5.74) is 0.768. The maximum atomic E-state index is 12.6. The number of nitrogens with one attached hydrogen (secondary N) is 1. The molecule has 134 valence electrons. The highest BCUT2D eigenvalue weighted by Gasteiger charge is 2.35. The normalized spacial score (nSPS) is 21.0. The summed E-state index contributed by atoms with van der Waals surface area (Å²) in [5, 5.41) is 3.62. The molecule has 1 fully saturated rings. The molecule has 0 unspecified atom stereocenters. The molecule has 2 atom stereocenters. The first-order chi connectivity index (χ1) is 12.0. The molecular weight excluding hydrogens is 340 g/mol. The Balaban J connectivity index is 1.71. The average Bonchev–Trinajstić information content (AvgIpc) is 3.22. The van der Waals surface area contributed by atoms with Gasteiger partial charge in [-0.15, -0.1) is 0 Å². The molecule has 1 amide bonds. The van der Waals surface area contributed by atoms with Gasteiger partial charge in [0.2, 0.25) is 0 Å². The molecule has 5 nitrogen and oxygen atoms in total. The number of methoxy groups -OCH3 is 1. The summed E-state index contributed by atoms with van der Waals surface area (Å²) in [7, 11) is 1.68. The summed E-state index contributed by atoms with van der Waals surface area (Å²) >= 11 is 6.19. The second-order valence-electron chi connectivity index (χ2n) is 6.55. The Morgan fingerprint density at radius 2 is 2.04 bits per heavy atom. The van der Waals surface area contributed by atoms with E-state index in [0.29, 0.717) is 16.8 Å². The number of furan rings is 1. The van der Waals surface area contributed by atoms with E-state index in [2.05, 4.69) is 24.1 Å². The van der Waals surface area contributed by atoms with Crippen molar-refractivity contribution in [3.8, 4) is 11.3 Å². The first kappa shape index (κ1) is 18.0. The molecule has 1 saturated heterocycles. The van der Waals surface area contributed by atoms with Crippen LogP contribution in [0.25, 0.3) is 11.3 Å². The molecule has 6 heteroatoms. The highest BCUT2D eigenvalue weighted by molar-refractivity contribution is 6.33. The summed E-state index contributed by atoms with van der Waals surface area (Å²) in [6.45, 7) is 5.85. The van der Waals surface area contributed by atoms with E-state index in [0.717, 1.165) is 18.7 Å². The maximum Gasteiger partial charge on any atom is 0.287 e. The monoisotopic (exact) mass is 362 g/mol. The molecule has 3 rings (SSSR count). The molecule has 1 aromatic heterocycles. The fourth-order valence-electron chi connectivity index (χ4n) is 3.11. The summed E-state index contributed by atoms with van der Waals surface area (Å²) in [6, 6.07) is 11.2. The van der Waals surface area contributed by atoms with Crippen molar-refractivity contribution in [1.82, 2.24) is 10.2 Å². The highest BCUT2D eigenvalue weighted by atomic mass is 35.5. The van der Waals surface area contributed by atoms with Crippen molar-refractivity contribution in [3.63, 3.8) is 0 Å². The van der Waals surface area contributed by atoms with Crippen LogP contribution < -0.4 is 5.32 Å². The maximum absolute atomic E-state index is 12.6. The van der Waals surface area contributed by atoms with Crippen LogP contribution in [0.1, 0.15) is 24.4 Å². The van der Waals surface area contributed by atoms with Gasteiger partial charge in [0.1, 0.15) is 5.76 Å². The van der Waals surface area contributed by atoms with Gasteiger partial charge in [0.15, 0.2) is 5.76 Å². The van der Waals surface area contributed by atoms with Crippen LogP contribution in [0.3, 0.4) is 0 Å². The van der Waals surface area contributed by atoms with Crippen molar-refractivity contribution >= 4 is 17.5 Å². The molecule has 25 heavy (non-hydrogen) atoms. The van der Waals surface area contributed by atoms with Gasteiger partial charge < -0.3 is 14.5 Å². The Labute approximate surface area is 152 Å². The van der Waals surface area contributed by atoms with E-state index in [-0.39, 0.29) is 23.8 Å². The molecule has 1 N–H and O–H groups in total. The van der Waals surface area contributed by atoms with Gasteiger partial charge in [-0.3, -0.25) is 9.69 Å². The van der Waals surface area contributed by atoms with Crippen molar-refractivity contribution < 1.29 is 13.9 Å². The van der Waals surface area contributed by atoms with Gasteiger partial charge in [-0.05, 0) is 38.1 Å². The molecule has 1 aliphatic heterocycles. The van der Waals surface area contributed by atoms with E-state index in [1.54, 1.807) is 25.3 Å². The second kappa shape index (κ2) is 7.60. The Kier molecular flexibility index (Phi) is 5.47. The first-order valence-corrected chi connectivity index (χ1v) is 8.80. The number of carbonyl (C=O) groups is 1. The molecule has 0 aliphatic carbocycles. The molecule has 0 spiro atoms. The predicted octanol–water partition coefficient (Wildman–Crippen LogP) is 3.44. The number of amides is 1. The van der Waals surface area contributed by atoms with Crippen molar-refractivity contribution in [2.45, 2.75) is 32.0 Å². The number of hydrogen-bond donors (Lipinski definition) is 1. The Morgan fingerprint density at radius 3 is 2.72 bits per heavy atom. The zero-order valence-corrected chi connectivity index (χ0v) is 15.4. The van der Waals surface area contributed by atoms with Gasteiger partial charge in [-0.1, -0.05) is 23.7 Å². The molecular formula is C19H23ClN2O3. The van der Waals surface area contributed by atoms with E-state index in [4.69, 9.17) is 20.8 Å². The third kappa shape index (κ3) is 3.89. The van der Waals surface area contributed by atoms with E-state index in [1.807, 2.05) is 18.2 Å². The van der Waals surface area contributed by atoms with Crippen molar-refractivity contribution in [3.05, 3.63) is 47.2 Å². The molecule has 2 heterocycles. The minimum Gasteiger partial charge on any atom is -0.451 e. The van der Waals surface area contributed by atoms with Gasteiger partial charge >= 0.3 is 0 Å². The number of halogens is 1. The average molecular weight is 363 g/mol. The number of benzene rings is 1. The molecule has 0 bridgehead atoms. The van der Waals surface area contributed by atoms with Crippen molar-refractivity contribution in [1.29, 1.82) is 0 Å². The quantitative estimate of drug-likeness (QED) is 0.885. The zero-order valence-electron chi connectivity index (χ0n) is 14.7. The Hall–Kier alpha value is -1.82. The third-order valence-corrected chi connectivity index (χ3v) is 4.94. The standard InChI is InChI=1S/C19H23ClN2O3/c1-12(2)22-10-15(18(11-22)24-3)21-19(23)17-9-8-16(25-17)13-6-4-5-7-14(13)20/h4-9,12,15,18H,10-11H2,1-3H3,(H,21,23)/t15-,18-/m1/s1. The van der Waals surface area contributed by atoms with Gasteiger partial charge in [0.25, 0.3) is 5.91 Å². The number of ether oxygens (including phenoxy) is 1. The van der Waals surface area contributed by atoms with Crippen LogP contribution in [0.4, 0.5) is 0 Å². The SMILES string of the molecule is CO[C@@H]1CN(C(C)C)C[C@H]1NC(=O)c1ccc(-c2ccccc2Cl)o1. The van der Waals surface area contributed by atoms with Crippen LogP contribution in [-0.4, -0.2) is 49.2 Å². The fraction of sp³-hybridized carbons (Fsp3) is 0.421. The summed E-state index contributed by atoms with van der Waals surface area (Å²) in [5.74, 6) is 0.609. The molecule has 0 radical (unpaired) electrons. The summed E-state index contributed by atoms with van der Waals surface area (Å²) in [6.07, 6.45) is -0.0237. The number of hydrogen-bond acceptors (Lipinski definition) is 4. The van der Waals surface area contributed by atoms with Crippen LogP contribution in [0.15, 0.2) is 40.8 Å². The van der Waals surface area contributed by atoms with E-state index in [1.165, 1.54) is 0 Å². The zero-order chi connectivity index (χ0) is 18.0. The number of carbonyl (C=O) groups excluding carboxylic acids is 1. The molecule has 0 saturated carbocycles. The third-order valence-electron chi connectivity index (χ3n) is 4.61. The van der Waals surface area contributed by atoms with Gasteiger partial charge in [0, 0.05) is 31.8 Å². The van der Waals surface area contributed by atoms with E-state index < -0.39 is 0 Å². The fourth-order valence-corrected chi connectivity index (χ4v) is 3.34. The van der Waals surface area contributed by atoms with E-state index in [9.17, 15) is 4.79 Å². The number of rotatable bonds is 5. The van der Waals surface area contributed by atoms with Crippen LogP contribution in [0, 0.1) is 0 Å². The van der Waals surface area contributed by atoms with Crippen LogP contribution in [-0.2, 0) is 4.74 Å². The lowest BCUT2D eigenvalue weighted by atomic mass is 10.2. The smallest absolute Gasteiger partial charge is 0.287 e. The molecule has 1 aromatic carbocycles. The Morgan fingerprint density at radius 1 is 1.28 bits per heavy atom. The van der Waals surface area contributed by atoms with Gasteiger partial charge in [-0.2, -0.15) is 0 Å². The molecule has 1 aliphatic rings. The summed E-state index contributed by atoms with van der Waals surface area (Å²) < 4.78 is 11.2. The van der Waals surface area contributed by atoms with Crippen molar-refractivity contribution in [2.75, 3.05) is 20.2 Å². The second-order valence-corrected chi connectivity index (χ2v) is 6.95. The highest BCUT2D eigenvalue weighted by Crippen LogP contribution is 2.29. The van der Waals surface area contributed by atoms with Gasteiger partial charge in [-0.25, -0.2) is 0 Å². The number of nitrogens with zero attached hydrogens (tertiary/aromatic N) is 1. The first-order valence-electron chi connectivity index (χ1n) is 8.42. The number of likely N-dealkylation sites (tertiary alicyclic amines) is 1. The van der Waals surface area contributed by atoms with Crippen LogP contribution in [0.5, 0.6) is 0 Å². The minimum atomic E-state index is -0.240. The van der Waals surface area contributed by atoms with E-state index >= 15 is 0 Å². The van der Waals surface area contributed by atoms with Crippen molar-refractivity contribution in [2.24, 2.45) is 0 Å². The lowest BCUT2D eigenvalue weighted by Gasteiger charge is -2.19. The minimum absolute atomic E-state index is 0.0237. The summed E-state index contributed by atoms with van der Waals surface area (Å²) in [4.78, 5) is 14.8.